The van der Waals surface area contributed by atoms with Crippen molar-refractivity contribution in [3.63, 3.8) is 0 Å². The van der Waals surface area contributed by atoms with E-state index in [1.807, 2.05) is 5.32 Å². The largest absolute Gasteiger partial charge is 0.351 e. The number of rotatable bonds is 2. The van der Waals surface area contributed by atoms with E-state index < -0.39 is 11.0 Å². The van der Waals surface area contributed by atoms with Gasteiger partial charge in [-0.3, -0.25) is 20.8 Å². The van der Waals surface area contributed by atoms with E-state index >= 15 is 0 Å². The number of nitro groups is 1. The Hall–Kier alpha value is -2.16. The van der Waals surface area contributed by atoms with Gasteiger partial charge in [-0.05, 0) is 22.0 Å². The molecule has 2 amide bonds. The molecule has 1 aromatic carbocycles. The van der Waals surface area contributed by atoms with Gasteiger partial charge in [-0.1, -0.05) is 0 Å². The average Bonchev–Trinajstić information content (AvgIpc) is 2.19. The zero-order valence-corrected chi connectivity index (χ0v) is 9.95. The number of amides is 2. The van der Waals surface area contributed by atoms with Crippen molar-refractivity contribution in [1.82, 2.24) is 5.32 Å². The number of carbonyl (C=O) groups excluding carboxylic acids is 1. The second kappa shape index (κ2) is 5.25. The first-order chi connectivity index (χ1) is 7.90. The number of nitrogens with one attached hydrogen (secondary N) is 3. The highest BCUT2D eigenvalue weighted by Crippen LogP contribution is 2.26. The highest BCUT2D eigenvalue weighted by molar-refractivity contribution is 9.10. The fourth-order valence-corrected chi connectivity index (χ4v) is 1.47. The zero-order chi connectivity index (χ0) is 13.0. The van der Waals surface area contributed by atoms with Gasteiger partial charge < -0.3 is 11.1 Å². The van der Waals surface area contributed by atoms with Gasteiger partial charge in [0.1, 0.15) is 0 Å². The summed E-state index contributed by atoms with van der Waals surface area (Å²) < 4.78 is 0.391. The second-order valence-corrected chi connectivity index (χ2v) is 3.76. The molecule has 0 aliphatic rings. The molecule has 90 valence electrons. The summed E-state index contributed by atoms with van der Waals surface area (Å²) in [5.74, 6) is -0.327. The van der Waals surface area contributed by atoms with Crippen molar-refractivity contribution < 1.29 is 9.72 Å². The number of non-ortho nitro benzene ring substituents is 1. The Balaban J connectivity index is 2.83. The minimum absolute atomic E-state index is 0.0863. The first-order valence-electron chi connectivity index (χ1n) is 4.26. The summed E-state index contributed by atoms with van der Waals surface area (Å²) in [5.41, 5.74) is 5.13. The molecule has 0 radical (unpaired) electrons. The number of primary amides is 1. The molecule has 8 nitrogen and oxygen atoms in total. The number of nitrogens with two attached hydrogens (primary N) is 1. The number of carbonyl (C=O) groups is 1. The van der Waals surface area contributed by atoms with Crippen LogP contribution in [0.4, 0.5) is 16.2 Å². The summed E-state index contributed by atoms with van der Waals surface area (Å²) in [6, 6.07) is 3.07. The molecule has 0 aromatic heterocycles. The van der Waals surface area contributed by atoms with E-state index in [0.29, 0.717) is 10.2 Å². The molecule has 0 bridgehead atoms. The number of benzene rings is 1. The number of nitro benzene ring substituents is 1. The number of hydrogen-bond acceptors (Lipinski definition) is 4. The maximum atomic E-state index is 10.5. The Morgan fingerprint density at radius 1 is 1.53 bits per heavy atom. The number of halogens is 1. The quantitative estimate of drug-likeness (QED) is 0.284. The normalized spacial score (nSPS) is 9.47. The van der Waals surface area contributed by atoms with Gasteiger partial charge in [0.15, 0.2) is 0 Å². The lowest BCUT2D eigenvalue weighted by Gasteiger charge is -2.09. The fraction of sp³-hybridized carbons (Fsp3) is 0. The number of hydrogen-bond donors (Lipinski definition) is 4. The van der Waals surface area contributed by atoms with Crippen LogP contribution in [0.2, 0.25) is 0 Å². The Morgan fingerprint density at radius 2 is 2.18 bits per heavy atom. The Labute approximate surface area is 104 Å². The third-order valence-electron chi connectivity index (χ3n) is 1.67. The molecule has 0 spiro atoms. The lowest BCUT2D eigenvalue weighted by atomic mass is 10.3. The molecule has 9 heteroatoms. The minimum atomic E-state index is -0.875. The van der Waals surface area contributed by atoms with Crippen molar-refractivity contribution >= 4 is 39.3 Å². The van der Waals surface area contributed by atoms with Crippen LogP contribution in [0.5, 0.6) is 0 Å². The molecule has 0 atom stereocenters. The molecular formula is C8H8BrN5O3. The van der Waals surface area contributed by atoms with Gasteiger partial charge >= 0.3 is 6.03 Å². The maximum absolute atomic E-state index is 10.5. The molecule has 0 heterocycles. The van der Waals surface area contributed by atoms with E-state index in [1.165, 1.54) is 18.2 Å². The van der Waals surface area contributed by atoms with Crippen LogP contribution in [-0.2, 0) is 0 Å². The highest BCUT2D eigenvalue weighted by atomic mass is 79.9. The van der Waals surface area contributed by atoms with Crippen molar-refractivity contribution in [2.24, 2.45) is 5.73 Å². The van der Waals surface area contributed by atoms with Crippen molar-refractivity contribution in [2.45, 2.75) is 0 Å². The summed E-state index contributed by atoms with van der Waals surface area (Å²) in [6.07, 6.45) is 0. The number of guanidine groups is 1. The van der Waals surface area contributed by atoms with Crippen LogP contribution in [0.3, 0.4) is 0 Å². The van der Waals surface area contributed by atoms with Gasteiger partial charge in [-0.15, -0.1) is 0 Å². The molecule has 5 N–H and O–H groups in total. The number of nitrogens with zero attached hydrogens (tertiary/aromatic N) is 1. The van der Waals surface area contributed by atoms with E-state index in [9.17, 15) is 14.9 Å². The first-order valence-corrected chi connectivity index (χ1v) is 5.05. The molecule has 1 rings (SSSR count). The minimum Gasteiger partial charge on any atom is -0.351 e. The molecule has 0 fully saturated rings. The summed E-state index contributed by atoms with van der Waals surface area (Å²) in [5, 5.41) is 22.3. The molecular weight excluding hydrogens is 294 g/mol. The predicted octanol–water partition coefficient (Wildman–Crippen LogP) is 1.37. The van der Waals surface area contributed by atoms with Crippen LogP contribution < -0.4 is 16.4 Å². The number of anilines is 1. The van der Waals surface area contributed by atoms with Gasteiger partial charge in [-0.2, -0.15) is 0 Å². The lowest BCUT2D eigenvalue weighted by Crippen LogP contribution is -2.38. The van der Waals surface area contributed by atoms with Crippen molar-refractivity contribution in [3.05, 3.63) is 32.8 Å². The lowest BCUT2D eigenvalue weighted by molar-refractivity contribution is -0.384. The Bertz CT molecular complexity index is 490. The van der Waals surface area contributed by atoms with E-state index in [4.69, 9.17) is 11.1 Å². The van der Waals surface area contributed by atoms with Gasteiger partial charge in [0.05, 0.1) is 10.6 Å². The monoisotopic (exact) mass is 301 g/mol. The van der Waals surface area contributed by atoms with E-state index in [-0.39, 0.29) is 11.6 Å². The van der Waals surface area contributed by atoms with Crippen LogP contribution in [0.25, 0.3) is 0 Å². The third-order valence-corrected chi connectivity index (χ3v) is 2.33. The Kier molecular flexibility index (Phi) is 3.99. The van der Waals surface area contributed by atoms with Crippen molar-refractivity contribution in [2.75, 3.05) is 5.32 Å². The summed E-state index contributed by atoms with van der Waals surface area (Å²) in [4.78, 5) is 20.4. The van der Waals surface area contributed by atoms with E-state index in [0.717, 1.165) is 0 Å². The van der Waals surface area contributed by atoms with Crippen molar-refractivity contribution in [1.29, 1.82) is 5.41 Å². The van der Waals surface area contributed by atoms with Gasteiger partial charge in [0.25, 0.3) is 5.69 Å². The topological polar surface area (TPSA) is 134 Å². The maximum Gasteiger partial charge on any atom is 0.318 e. The van der Waals surface area contributed by atoms with Crippen LogP contribution in [-0.4, -0.2) is 16.9 Å². The summed E-state index contributed by atoms with van der Waals surface area (Å²) >= 11 is 3.10. The van der Waals surface area contributed by atoms with Crippen LogP contribution in [0.1, 0.15) is 0 Å². The standard InChI is InChI=1S/C8H8BrN5O3/c9-5-3-4(14(16)17)1-2-6(5)12-7(10)13-8(11)15/h1-3H,(H5,10,11,12,13,15). The van der Waals surface area contributed by atoms with Gasteiger partial charge in [-0.25, -0.2) is 4.79 Å². The van der Waals surface area contributed by atoms with Crippen LogP contribution >= 0.6 is 15.9 Å². The van der Waals surface area contributed by atoms with Gasteiger partial charge in [0, 0.05) is 16.6 Å². The van der Waals surface area contributed by atoms with E-state index in [1.54, 1.807) is 0 Å². The molecule has 0 aliphatic carbocycles. The smallest absolute Gasteiger partial charge is 0.318 e. The predicted molar refractivity (Wildman–Crippen MR) is 64.9 cm³/mol. The number of urea groups is 1. The molecule has 1 aromatic rings. The average molecular weight is 302 g/mol. The third kappa shape index (κ3) is 3.72. The molecule has 0 aliphatic heterocycles. The van der Waals surface area contributed by atoms with Crippen LogP contribution in [0.15, 0.2) is 22.7 Å². The summed E-state index contributed by atoms with van der Waals surface area (Å²) in [6.45, 7) is 0. The van der Waals surface area contributed by atoms with Gasteiger partial charge in [0.2, 0.25) is 5.96 Å². The van der Waals surface area contributed by atoms with Crippen molar-refractivity contribution in [3.8, 4) is 0 Å². The molecule has 17 heavy (non-hydrogen) atoms. The SMILES string of the molecule is N=C(NC(N)=O)Nc1ccc([N+](=O)[O-])cc1Br. The zero-order valence-electron chi connectivity index (χ0n) is 8.36. The fourth-order valence-electron chi connectivity index (χ4n) is 1.01. The Morgan fingerprint density at radius 3 is 2.65 bits per heavy atom. The summed E-state index contributed by atoms with van der Waals surface area (Å²) in [7, 11) is 0. The van der Waals surface area contributed by atoms with E-state index in [2.05, 4.69) is 21.2 Å². The second-order valence-electron chi connectivity index (χ2n) is 2.91. The molecule has 0 unspecified atom stereocenters. The first kappa shape index (κ1) is 12.9. The highest BCUT2D eigenvalue weighted by Gasteiger charge is 2.10. The molecule has 0 saturated carbocycles. The molecule has 0 saturated heterocycles. The van der Waals surface area contributed by atoms with Crippen LogP contribution in [0, 0.1) is 15.5 Å².